The number of carbonyl (C=O) groups is 1. The second-order valence-corrected chi connectivity index (χ2v) is 10.3. The Labute approximate surface area is 215 Å². The molecule has 1 aromatic heterocycles. The van der Waals surface area contributed by atoms with Crippen LogP contribution in [0.5, 0.6) is 0 Å². The Morgan fingerprint density at radius 2 is 1.97 bits per heavy atom. The Morgan fingerprint density at radius 3 is 2.75 bits per heavy atom. The van der Waals surface area contributed by atoms with E-state index in [9.17, 15) is 9.90 Å². The van der Waals surface area contributed by atoms with Crippen molar-refractivity contribution in [3.63, 3.8) is 0 Å². The van der Waals surface area contributed by atoms with Crippen molar-refractivity contribution in [3.05, 3.63) is 58.9 Å². The molecule has 2 aliphatic rings. The number of nitrogens with zero attached hydrogens (tertiary/aromatic N) is 2. The lowest BCUT2D eigenvalue weighted by Gasteiger charge is -2.28. The van der Waals surface area contributed by atoms with Crippen LogP contribution < -0.4 is 5.32 Å². The number of benzene rings is 1. The van der Waals surface area contributed by atoms with Gasteiger partial charge < -0.3 is 19.9 Å². The highest BCUT2D eigenvalue weighted by molar-refractivity contribution is 5.76. The summed E-state index contributed by atoms with van der Waals surface area (Å²) in [5.74, 6) is -0.826. The van der Waals surface area contributed by atoms with Crippen molar-refractivity contribution >= 4 is 11.7 Å². The number of aromatic nitrogens is 1. The molecule has 0 saturated carbocycles. The molecule has 1 aromatic carbocycles. The van der Waals surface area contributed by atoms with E-state index in [1.807, 2.05) is 49.9 Å². The average molecular weight is 496 g/mol. The Hall–Kier alpha value is -2.48. The zero-order valence-corrected chi connectivity index (χ0v) is 21.9. The fourth-order valence-corrected chi connectivity index (χ4v) is 5.40. The molecule has 2 aliphatic heterocycles. The molecule has 0 amide bonds. The van der Waals surface area contributed by atoms with Crippen molar-refractivity contribution in [2.75, 3.05) is 31.6 Å². The van der Waals surface area contributed by atoms with E-state index in [0.29, 0.717) is 19.7 Å². The molecular formula is C29H41N3O4. The van der Waals surface area contributed by atoms with Crippen molar-refractivity contribution in [2.45, 2.75) is 83.6 Å². The maximum absolute atomic E-state index is 12.4. The standard InChI is InChI=1S/C29H41N3O4/c1-20(2)36-21(3)24-10-4-5-11-25(24)28(29(33)34)32-17-15-23(19-32)35-18-7-6-9-22-13-14-26-27(31-22)12-8-16-30-26/h4-5,10-11,13-14,20-21,23,28,30H,6-9,12,15-19H2,1-3H3,(H,33,34)/t21-,23+,28?/m0/s1. The molecule has 196 valence electrons. The number of likely N-dealkylation sites (tertiary alicyclic amines) is 1. The topological polar surface area (TPSA) is 83.9 Å². The monoisotopic (exact) mass is 495 g/mol. The number of pyridine rings is 1. The van der Waals surface area contributed by atoms with Gasteiger partial charge in [-0.25, -0.2) is 0 Å². The lowest BCUT2D eigenvalue weighted by Crippen LogP contribution is -2.34. The quantitative estimate of drug-likeness (QED) is 0.393. The first kappa shape index (κ1) is 26.6. The Morgan fingerprint density at radius 1 is 1.17 bits per heavy atom. The van der Waals surface area contributed by atoms with Crippen LogP contribution in [-0.4, -0.2) is 59.4 Å². The van der Waals surface area contributed by atoms with Gasteiger partial charge in [0.25, 0.3) is 0 Å². The van der Waals surface area contributed by atoms with Gasteiger partial charge in [-0.05, 0) is 82.6 Å². The molecule has 7 nitrogen and oxygen atoms in total. The van der Waals surface area contributed by atoms with Gasteiger partial charge in [0.15, 0.2) is 0 Å². The highest BCUT2D eigenvalue weighted by Gasteiger charge is 2.35. The van der Waals surface area contributed by atoms with E-state index >= 15 is 0 Å². The molecule has 0 radical (unpaired) electrons. The third-order valence-electron chi connectivity index (χ3n) is 7.10. The van der Waals surface area contributed by atoms with Crippen LogP contribution in [0.1, 0.15) is 81.1 Å². The molecule has 0 aliphatic carbocycles. The minimum atomic E-state index is -0.826. The summed E-state index contributed by atoms with van der Waals surface area (Å²) in [5.41, 5.74) is 5.29. The minimum absolute atomic E-state index is 0.0660. The van der Waals surface area contributed by atoms with Crippen molar-refractivity contribution in [1.82, 2.24) is 9.88 Å². The lowest BCUT2D eigenvalue weighted by molar-refractivity contribution is -0.143. The van der Waals surface area contributed by atoms with E-state index in [0.717, 1.165) is 61.9 Å². The van der Waals surface area contributed by atoms with E-state index in [-0.39, 0.29) is 18.3 Å². The number of fused-ring (bicyclic) bond motifs is 1. The highest BCUT2D eigenvalue weighted by atomic mass is 16.5. The summed E-state index contributed by atoms with van der Waals surface area (Å²) < 4.78 is 12.2. The first-order valence-electron chi connectivity index (χ1n) is 13.5. The van der Waals surface area contributed by atoms with Crippen molar-refractivity contribution in [2.24, 2.45) is 0 Å². The highest BCUT2D eigenvalue weighted by Crippen LogP contribution is 2.33. The summed E-state index contributed by atoms with van der Waals surface area (Å²) in [6.07, 6.45) is 6.00. The number of carboxylic acids is 1. The fourth-order valence-electron chi connectivity index (χ4n) is 5.40. The molecule has 4 rings (SSSR count). The number of rotatable bonds is 12. The van der Waals surface area contributed by atoms with E-state index in [1.54, 1.807) is 0 Å². The van der Waals surface area contributed by atoms with E-state index in [1.165, 1.54) is 11.4 Å². The predicted octanol–water partition coefficient (Wildman–Crippen LogP) is 5.17. The number of anilines is 1. The summed E-state index contributed by atoms with van der Waals surface area (Å²) in [4.78, 5) is 19.2. The van der Waals surface area contributed by atoms with Crippen LogP contribution >= 0.6 is 0 Å². The Bertz CT molecular complexity index is 1010. The predicted molar refractivity (Wildman–Crippen MR) is 141 cm³/mol. The summed E-state index contributed by atoms with van der Waals surface area (Å²) in [7, 11) is 0. The first-order chi connectivity index (χ1) is 17.4. The normalized spacial score (nSPS) is 19.6. The number of aliphatic carboxylic acids is 1. The van der Waals surface area contributed by atoms with Gasteiger partial charge in [0.1, 0.15) is 6.04 Å². The van der Waals surface area contributed by atoms with Gasteiger partial charge in [-0.3, -0.25) is 14.7 Å². The van der Waals surface area contributed by atoms with Crippen molar-refractivity contribution < 1.29 is 19.4 Å². The van der Waals surface area contributed by atoms with E-state index in [2.05, 4.69) is 17.4 Å². The molecular weight excluding hydrogens is 454 g/mol. The molecule has 1 fully saturated rings. The molecule has 36 heavy (non-hydrogen) atoms. The zero-order chi connectivity index (χ0) is 25.5. The molecule has 2 aromatic rings. The van der Waals surface area contributed by atoms with Gasteiger partial charge in [0.2, 0.25) is 0 Å². The van der Waals surface area contributed by atoms with Gasteiger partial charge >= 0.3 is 5.97 Å². The zero-order valence-electron chi connectivity index (χ0n) is 21.9. The number of carboxylic acid groups (broad SMARTS) is 1. The molecule has 3 atom stereocenters. The molecule has 1 saturated heterocycles. The minimum Gasteiger partial charge on any atom is -0.480 e. The molecule has 2 N–H and O–H groups in total. The maximum atomic E-state index is 12.4. The molecule has 0 spiro atoms. The molecule has 7 heteroatoms. The average Bonchev–Trinajstić information content (AvgIpc) is 3.31. The van der Waals surface area contributed by atoms with Crippen LogP contribution in [0.25, 0.3) is 0 Å². The fraction of sp³-hybridized carbons (Fsp3) is 0.586. The Kier molecular flexibility index (Phi) is 9.35. The number of aryl methyl sites for hydroxylation is 2. The van der Waals surface area contributed by atoms with Crippen LogP contribution in [0, 0.1) is 0 Å². The van der Waals surface area contributed by atoms with Gasteiger partial charge in [-0.1, -0.05) is 24.3 Å². The van der Waals surface area contributed by atoms with Crippen LogP contribution in [-0.2, 0) is 27.1 Å². The number of hydrogen-bond acceptors (Lipinski definition) is 6. The van der Waals surface area contributed by atoms with Crippen molar-refractivity contribution in [3.8, 4) is 0 Å². The molecule has 1 unspecified atom stereocenters. The SMILES string of the molecule is CC(C)O[C@@H](C)c1ccccc1C(C(=O)O)N1CC[C@@H](OCCCCc2ccc3c(n2)CCCN3)C1. The Balaban J connectivity index is 1.26. The molecule has 0 bridgehead atoms. The third kappa shape index (κ3) is 6.84. The summed E-state index contributed by atoms with van der Waals surface area (Å²) in [6, 6.07) is 11.4. The molecule has 3 heterocycles. The number of unbranched alkanes of at least 4 members (excludes halogenated alkanes) is 1. The number of hydrogen-bond donors (Lipinski definition) is 2. The van der Waals surface area contributed by atoms with E-state index < -0.39 is 12.0 Å². The van der Waals surface area contributed by atoms with Crippen LogP contribution in [0.2, 0.25) is 0 Å². The lowest BCUT2D eigenvalue weighted by atomic mass is 9.96. The van der Waals surface area contributed by atoms with Crippen LogP contribution in [0.3, 0.4) is 0 Å². The first-order valence-corrected chi connectivity index (χ1v) is 13.5. The summed E-state index contributed by atoms with van der Waals surface area (Å²) >= 11 is 0. The van der Waals surface area contributed by atoms with Crippen molar-refractivity contribution in [1.29, 1.82) is 0 Å². The summed E-state index contributed by atoms with van der Waals surface area (Å²) in [6.45, 7) is 9.05. The van der Waals surface area contributed by atoms with Crippen LogP contribution in [0.4, 0.5) is 5.69 Å². The summed E-state index contributed by atoms with van der Waals surface area (Å²) in [5, 5.41) is 13.6. The smallest absolute Gasteiger partial charge is 0.325 e. The van der Waals surface area contributed by atoms with Crippen LogP contribution in [0.15, 0.2) is 36.4 Å². The second kappa shape index (κ2) is 12.7. The second-order valence-electron chi connectivity index (χ2n) is 10.3. The number of ether oxygens (including phenoxy) is 2. The third-order valence-corrected chi connectivity index (χ3v) is 7.10. The van der Waals surface area contributed by atoms with Gasteiger partial charge in [0, 0.05) is 31.9 Å². The van der Waals surface area contributed by atoms with Gasteiger partial charge in [-0.15, -0.1) is 0 Å². The largest absolute Gasteiger partial charge is 0.480 e. The number of nitrogens with one attached hydrogen (secondary N) is 1. The maximum Gasteiger partial charge on any atom is 0.325 e. The van der Waals surface area contributed by atoms with Gasteiger partial charge in [0.05, 0.1) is 29.7 Å². The van der Waals surface area contributed by atoms with E-state index in [4.69, 9.17) is 14.5 Å². The van der Waals surface area contributed by atoms with Gasteiger partial charge in [-0.2, -0.15) is 0 Å².